The number of amides is 1. The lowest BCUT2D eigenvalue weighted by atomic mass is 9.96. The summed E-state index contributed by atoms with van der Waals surface area (Å²) in [5.41, 5.74) is 2.69. The van der Waals surface area contributed by atoms with Crippen molar-refractivity contribution in [3.63, 3.8) is 0 Å². The zero-order valence-corrected chi connectivity index (χ0v) is 16.1. The van der Waals surface area contributed by atoms with Gasteiger partial charge < -0.3 is 0 Å². The highest BCUT2D eigenvalue weighted by Gasteiger charge is 2.26. The van der Waals surface area contributed by atoms with E-state index in [2.05, 4.69) is 20.4 Å². The Morgan fingerprint density at radius 3 is 2.72 bits per heavy atom. The minimum atomic E-state index is -2.34. The van der Waals surface area contributed by atoms with Crippen LogP contribution in [0.2, 0.25) is 0 Å². The van der Waals surface area contributed by atoms with E-state index in [0.29, 0.717) is 25.9 Å². The molecule has 3 heterocycles. The van der Waals surface area contributed by atoms with Gasteiger partial charge in [0.2, 0.25) is 11.9 Å². The molecule has 1 amide bonds. The number of halogens is 2. The quantitative estimate of drug-likeness (QED) is 0.713. The molecular formula is C20H22F2N6O. The summed E-state index contributed by atoms with van der Waals surface area (Å²) in [5, 5.41) is 7.83. The van der Waals surface area contributed by atoms with Gasteiger partial charge in [0.1, 0.15) is 0 Å². The average molecular weight is 400 g/mol. The van der Waals surface area contributed by atoms with Crippen LogP contribution in [0.25, 0.3) is 22.0 Å². The van der Waals surface area contributed by atoms with Crippen LogP contribution in [-0.2, 0) is 11.8 Å². The number of hydrogen-bond donors (Lipinski definition) is 1. The molecule has 1 aromatic carbocycles. The van der Waals surface area contributed by atoms with Crippen LogP contribution < -0.4 is 5.32 Å². The second-order valence-electron chi connectivity index (χ2n) is 7.33. The number of likely N-dealkylation sites (tertiary alicyclic amines) is 1. The number of aryl methyl sites for hydroxylation is 1. The van der Waals surface area contributed by atoms with E-state index in [0.717, 1.165) is 22.0 Å². The molecule has 0 unspecified atom stereocenters. The molecular weight excluding hydrogens is 378 g/mol. The van der Waals surface area contributed by atoms with Gasteiger partial charge in [-0.1, -0.05) is 12.1 Å². The SMILES string of the molecule is Cn1cc(-c2ccc3cnc(NC(=O)C4CCN(CC(F)F)CC4)nc3c2)cn1. The maximum Gasteiger partial charge on any atom is 0.251 e. The molecule has 29 heavy (non-hydrogen) atoms. The second-order valence-corrected chi connectivity index (χ2v) is 7.33. The number of fused-ring (bicyclic) bond motifs is 1. The highest BCUT2D eigenvalue weighted by molar-refractivity contribution is 5.92. The van der Waals surface area contributed by atoms with Crippen LogP contribution in [0.5, 0.6) is 0 Å². The minimum Gasteiger partial charge on any atom is -0.298 e. The average Bonchev–Trinajstić information content (AvgIpc) is 3.14. The van der Waals surface area contributed by atoms with Gasteiger partial charge in [0, 0.05) is 36.3 Å². The first-order chi connectivity index (χ1) is 14.0. The summed E-state index contributed by atoms with van der Waals surface area (Å²) < 4.78 is 26.7. The van der Waals surface area contributed by atoms with Crippen molar-refractivity contribution < 1.29 is 13.6 Å². The highest BCUT2D eigenvalue weighted by atomic mass is 19.3. The van der Waals surface area contributed by atoms with Crippen molar-refractivity contribution in [1.82, 2.24) is 24.6 Å². The highest BCUT2D eigenvalue weighted by Crippen LogP contribution is 2.24. The van der Waals surface area contributed by atoms with E-state index in [9.17, 15) is 13.6 Å². The van der Waals surface area contributed by atoms with Gasteiger partial charge in [-0.05, 0) is 37.6 Å². The fourth-order valence-corrected chi connectivity index (χ4v) is 3.62. The van der Waals surface area contributed by atoms with Crippen LogP contribution in [0, 0.1) is 5.92 Å². The van der Waals surface area contributed by atoms with Crippen LogP contribution in [0.3, 0.4) is 0 Å². The molecule has 1 aliphatic heterocycles. The van der Waals surface area contributed by atoms with E-state index in [4.69, 9.17) is 0 Å². The summed E-state index contributed by atoms with van der Waals surface area (Å²) in [7, 11) is 1.86. The molecule has 152 valence electrons. The lowest BCUT2D eigenvalue weighted by molar-refractivity contribution is -0.121. The molecule has 0 bridgehead atoms. The molecule has 2 aromatic heterocycles. The van der Waals surface area contributed by atoms with Gasteiger partial charge in [-0.25, -0.2) is 18.7 Å². The Bertz CT molecular complexity index is 1010. The van der Waals surface area contributed by atoms with Crippen molar-refractivity contribution in [3.05, 3.63) is 36.8 Å². The largest absolute Gasteiger partial charge is 0.298 e. The van der Waals surface area contributed by atoms with E-state index in [1.54, 1.807) is 22.0 Å². The number of carbonyl (C=O) groups is 1. The van der Waals surface area contributed by atoms with Crippen molar-refractivity contribution in [3.8, 4) is 11.1 Å². The van der Waals surface area contributed by atoms with Gasteiger partial charge in [-0.15, -0.1) is 0 Å². The first-order valence-corrected chi connectivity index (χ1v) is 9.55. The Hall–Kier alpha value is -2.94. The Morgan fingerprint density at radius 1 is 1.24 bits per heavy atom. The second kappa shape index (κ2) is 8.20. The number of hydrogen-bond acceptors (Lipinski definition) is 5. The van der Waals surface area contributed by atoms with Crippen molar-refractivity contribution in [2.45, 2.75) is 19.3 Å². The maximum atomic E-state index is 12.6. The van der Waals surface area contributed by atoms with Crippen LogP contribution in [-0.4, -0.2) is 56.6 Å². The Labute approximate surface area is 166 Å². The number of anilines is 1. The zero-order valence-electron chi connectivity index (χ0n) is 16.1. The topological polar surface area (TPSA) is 75.9 Å². The lowest BCUT2D eigenvalue weighted by Crippen LogP contribution is -2.40. The van der Waals surface area contributed by atoms with Gasteiger partial charge >= 0.3 is 0 Å². The van der Waals surface area contributed by atoms with Crippen molar-refractivity contribution in [2.75, 3.05) is 25.0 Å². The van der Waals surface area contributed by atoms with Gasteiger partial charge in [0.05, 0.1) is 18.3 Å². The molecule has 0 spiro atoms. The van der Waals surface area contributed by atoms with Crippen molar-refractivity contribution in [1.29, 1.82) is 0 Å². The smallest absolute Gasteiger partial charge is 0.251 e. The number of alkyl halides is 2. The zero-order chi connectivity index (χ0) is 20.4. The molecule has 0 saturated carbocycles. The summed E-state index contributed by atoms with van der Waals surface area (Å²) in [5.74, 6) is -0.129. The summed E-state index contributed by atoms with van der Waals surface area (Å²) in [6.45, 7) is 0.756. The van der Waals surface area contributed by atoms with E-state index >= 15 is 0 Å². The number of nitrogens with one attached hydrogen (secondary N) is 1. The van der Waals surface area contributed by atoms with Gasteiger partial charge in [0.25, 0.3) is 6.43 Å². The number of benzene rings is 1. The standard InChI is InChI=1S/C20H22F2N6O/c1-27-11-16(10-24-27)14-2-3-15-9-23-20(25-17(15)8-14)26-19(29)13-4-6-28(7-5-13)12-18(21)22/h2-3,8-11,13,18H,4-7,12H2,1H3,(H,23,25,26,29). The van der Waals surface area contributed by atoms with Crippen LogP contribution in [0.1, 0.15) is 12.8 Å². The monoisotopic (exact) mass is 400 g/mol. The number of aromatic nitrogens is 4. The summed E-state index contributed by atoms with van der Waals surface area (Å²) in [6, 6.07) is 5.85. The number of rotatable bonds is 5. The van der Waals surface area contributed by atoms with Gasteiger partial charge in [-0.3, -0.25) is 19.7 Å². The number of nitrogens with zero attached hydrogens (tertiary/aromatic N) is 5. The first kappa shape index (κ1) is 19.4. The first-order valence-electron chi connectivity index (χ1n) is 9.55. The molecule has 0 atom stereocenters. The molecule has 3 aromatic rings. The predicted molar refractivity (Wildman–Crippen MR) is 106 cm³/mol. The Balaban J connectivity index is 1.44. The molecule has 9 heteroatoms. The molecule has 1 aliphatic rings. The predicted octanol–water partition coefficient (Wildman–Crippen LogP) is 2.95. The molecule has 1 fully saturated rings. The third kappa shape index (κ3) is 4.56. The fourth-order valence-electron chi connectivity index (χ4n) is 3.62. The van der Waals surface area contributed by atoms with Gasteiger partial charge in [-0.2, -0.15) is 5.10 Å². The van der Waals surface area contributed by atoms with Crippen molar-refractivity contribution >= 4 is 22.8 Å². The number of carbonyl (C=O) groups excluding carboxylic acids is 1. The number of piperidine rings is 1. The summed E-state index contributed by atoms with van der Waals surface area (Å²) in [4.78, 5) is 23.0. The fraction of sp³-hybridized carbons (Fsp3) is 0.400. The Morgan fingerprint density at radius 2 is 2.03 bits per heavy atom. The lowest BCUT2D eigenvalue weighted by Gasteiger charge is -2.30. The molecule has 4 rings (SSSR count). The summed E-state index contributed by atoms with van der Waals surface area (Å²) in [6.07, 6.45) is 4.14. The van der Waals surface area contributed by atoms with Crippen LogP contribution in [0.15, 0.2) is 36.8 Å². The molecule has 0 radical (unpaired) electrons. The molecule has 1 N–H and O–H groups in total. The Kier molecular flexibility index (Phi) is 5.48. The molecule has 1 saturated heterocycles. The van der Waals surface area contributed by atoms with E-state index in [-0.39, 0.29) is 24.3 Å². The maximum absolute atomic E-state index is 12.6. The van der Waals surface area contributed by atoms with E-state index < -0.39 is 6.43 Å². The van der Waals surface area contributed by atoms with Crippen LogP contribution >= 0.6 is 0 Å². The van der Waals surface area contributed by atoms with Crippen molar-refractivity contribution in [2.24, 2.45) is 13.0 Å². The van der Waals surface area contributed by atoms with Crippen LogP contribution in [0.4, 0.5) is 14.7 Å². The van der Waals surface area contributed by atoms with E-state index in [1.165, 1.54) is 0 Å². The minimum absolute atomic E-state index is 0.163. The summed E-state index contributed by atoms with van der Waals surface area (Å²) >= 11 is 0. The third-order valence-corrected chi connectivity index (χ3v) is 5.21. The normalized spacial score (nSPS) is 15.9. The third-order valence-electron chi connectivity index (χ3n) is 5.21. The molecule has 7 nitrogen and oxygen atoms in total. The van der Waals surface area contributed by atoms with E-state index in [1.807, 2.05) is 31.4 Å². The van der Waals surface area contributed by atoms with Gasteiger partial charge in [0.15, 0.2) is 0 Å². The molecule has 0 aliphatic carbocycles.